The van der Waals surface area contributed by atoms with Gasteiger partial charge in [0.15, 0.2) is 0 Å². The highest BCUT2D eigenvalue weighted by Crippen LogP contribution is 2.36. The number of thiophene rings is 1. The van der Waals surface area contributed by atoms with Gasteiger partial charge in [-0.25, -0.2) is 0 Å². The number of fused-ring (bicyclic) bond motifs is 1. The Morgan fingerprint density at radius 1 is 1.04 bits per heavy atom. The number of nitrogens with zero attached hydrogens (tertiary/aromatic N) is 1. The van der Waals surface area contributed by atoms with Crippen LogP contribution in [0.2, 0.25) is 0 Å². The zero-order chi connectivity index (χ0) is 19.8. The van der Waals surface area contributed by atoms with Gasteiger partial charge in [0.25, 0.3) is 0 Å². The van der Waals surface area contributed by atoms with Crippen molar-refractivity contribution in [2.24, 2.45) is 0 Å². The third-order valence-corrected chi connectivity index (χ3v) is 6.54. The molecule has 148 valence electrons. The van der Waals surface area contributed by atoms with Gasteiger partial charge in [0, 0.05) is 24.3 Å². The van der Waals surface area contributed by atoms with Crippen LogP contribution in [0, 0.1) is 0 Å². The summed E-state index contributed by atoms with van der Waals surface area (Å²) in [5.41, 5.74) is -0.243. The Hall–Kier alpha value is -1.89. The molecule has 1 fully saturated rings. The van der Waals surface area contributed by atoms with Crippen molar-refractivity contribution in [3.05, 3.63) is 70.6 Å². The number of aliphatic hydroxyl groups is 1. The fraction of sp³-hybridized carbons (Fsp3) is 0.364. The quantitative estimate of drug-likeness (QED) is 0.624. The van der Waals surface area contributed by atoms with Gasteiger partial charge < -0.3 is 10.0 Å². The highest BCUT2D eigenvalue weighted by Gasteiger charge is 2.36. The number of benzene rings is 2. The second-order valence-corrected chi connectivity index (χ2v) is 8.44. The summed E-state index contributed by atoms with van der Waals surface area (Å²) >= 11 is 1.73. The predicted octanol–water partition coefficient (Wildman–Crippen LogP) is 5.45. The van der Waals surface area contributed by atoms with E-state index < -0.39 is 17.3 Å². The molecule has 28 heavy (non-hydrogen) atoms. The van der Waals surface area contributed by atoms with Crippen LogP contribution in [-0.2, 0) is 18.2 Å². The Labute approximate surface area is 166 Å². The minimum atomic E-state index is -4.39. The average molecular weight is 405 g/mol. The molecule has 0 saturated carbocycles. The number of hydrogen-bond donors (Lipinski definition) is 1. The van der Waals surface area contributed by atoms with E-state index in [1.165, 1.54) is 21.7 Å². The van der Waals surface area contributed by atoms with Gasteiger partial charge in [-0.1, -0.05) is 24.3 Å². The van der Waals surface area contributed by atoms with Crippen molar-refractivity contribution >= 4 is 21.4 Å². The fourth-order valence-electron chi connectivity index (χ4n) is 3.88. The molecule has 0 radical (unpaired) electrons. The van der Waals surface area contributed by atoms with Gasteiger partial charge in [-0.3, -0.25) is 0 Å². The molecule has 1 saturated heterocycles. The Morgan fingerprint density at radius 2 is 1.82 bits per heavy atom. The van der Waals surface area contributed by atoms with E-state index in [-0.39, 0.29) is 0 Å². The minimum absolute atomic E-state index is 0.366. The number of hydrogen-bond acceptors (Lipinski definition) is 3. The largest absolute Gasteiger partial charge is 0.416 e. The molecule has 1 aliphatic heterocycles. The first-order valence-electron chi connectivity index (χ1n) is 9.42. The third-order valence-electron chi connectivity index (χ3n) is 5.64. The Morgan fingerprint density at radius 3 is 2.57 bits per heavy atom. The van der Waals surface area contributed by atoms with E-state index in [1.54, 1.807) is 17.4 Å². The van der Waals surface area contributed by atoms with Crippen molar-refractivity contribution in [1.29, 1.82) is 0 Å². The number of alkyl halides is 3. The molecule has 0 spiro atoms. The van der Waals surface area contributed by atoms with Crippen molar-refractivity contribution in [3.63, 3.8) is 0 Å². The first kappa shape index (κ1) is 19.4. The molecular formula is C22H22F3NOS. The van der Waals surface area contributed by atoms with Crippen LogP contribution in [0.3, 0.4) is 0 Å². The molecule has 0 unspecified atom stereocenters. The van der Waals surface area contributed by atoms with E-state index in [0.717, 1.165) is 25.1 Å². The SMILES string of the molecule is OC1(c2cccc(C(F)(F)F)c2)CCN(CCc2ccc3sccc3c2)CC1. The second-order valence-electron chi connectivity index (χ2n) is 7.49. The summed E-state index contributed by atoms with van der Waals surface area (Å²) in [6.45, 7) is 2.23. The van der Waals surface area contributed by atoms with Gasteiger partial charge in [-0.2, -0.15) is 13.2 Å². The first-order valence-corrected chi connectivity index (χ1v) is 10.3. The third kappa shape index (κ3) is 4.09. The molecule has 0 amide bonds. The Bertz CT molecular complexity index is 958. The van der Waals surface area contributed by atoms with Crippen LogP contribution >= 0.6 is 11.3 Å². The second kappa shape index (κ2) is 7.50. The van der Waals surface area contributed by atoms with Crippen molar-refractivity contribution in [1.82, 2.24) is 4.90 Å². The zero-order valence-electron chi connectivity index (χ0n) is 15.4. The monoisotopic (exact) mass is 405 g/mol. The maximum Gasteiger partial charge on any atom is 0.416 e. The summed E-state index contributed by atoms with van der Waals surface area (Å²) in [5.74, 6) is 0. The van der Waals surface area contributed by atoms with Crippen LogP contribution in [0.4, 0.5) is 13.2 Å². The smallest absolute Gasteiger partial charge is 0.385 e. The summed E-state index contributed by atoms with van der Waals surface area (Å²) in [7, 11) is 0. The standard InChI is InChI=1S/C22H22F3NOS/c23-22(24,25)19-3-1-2-18(15-19)21(27)8-11-26(12-9-21)10-6-16-4-5-20-17(14-16)7-13-28-20/h1-5,7,13-15,27H,6,8-12H2. The lowest BCUT2D eigenvalue weighted by Crippen LogP contribution is -2.43. The highest BCUT2D eigenvalue weighted by atomic mass is 32.1. The van der Waals surface area contributed by atoms with Crippen molar-refractivity contribution in [2.75, 3.05) is 19.6 Å². The highest BCUT2D eigenvalue weighted by molar-refractivity contribution is 7.17. The lowest BCUT2D eigenvalue weighted by molar-refractivity contribution is -0.137. The van der Waals surface area contributed by atoms with Gasteiger partial charge in [0.1, 0.15) is 0 Å². The lowest BCUT2D eigenvalue weighted by Gasteiger charge is -2.38. The number of halogens is 3. The maximum atomic E-state index is 13.0. The summed E-state index contributed by atoms with van der Waals surface area (Å²) in [6, 6.07) is 13.8. The molecule has 0 aliphatic carbocycles. The van der Waals surface area contributed by atoms with Crippen LogP contribution in [0.25, 0.3) is 10.1 Å². The molecule has 0 bridgehead atoms. The molecule has 1 aliphatic rings. The zero-order valence-corrected chi connectivity index (χ0v) is 16.2. The van der Waals surface area contributed by atoms with Gasteiger partial charge in [-0.05, 0) is 65.4 Å². The van der Waals surface area contributed by atoms with E-state index in [1.807, 2.05) is 0 Å². The van der Waals surface area contributed by atoms with E-state index in [9.17, 15) is 18.3 Å². The number of rotatable bonds is 4. The predicted molar refractivity (Wildman–Crippen MR) is 107 cm³/mol. The molecule has 6 heteroatoms. The molecule has 1 aromatic heterocycles. The normalized spacial score (nSPS) is 17.9. The maximum absolute atomic E-state index is 13.0. The molecule has 1 N–H and O–H groups in total. The topological polar surface area (TPSA) is 23.5 Å². The Balaban J connectivity index is 1.37. The summed E-state index contributed by atoms with van der Waals surface area (Å²) < 4.78 is 40.2. The number of likely N-dealkylation sites (tertiary alicyclic amines) is 1. The van der Waals surface area contributed by atoms with Gasteiger partial charge in [-0.15, -0.1) is 11.3 Å². The van der Waals surface area contributed by atoms with E-state index in [0.29, 0.717) is 31.5 Å². The fourth-order valence-corrected chi connectivity index (χ4v) is 4.65. The average Bonchev–Trinajstić information content (AvgIpc) is 3.15. The van der Waals surface area contributed by atoms with E-state index >= 15 is 0 Å². The molecule has 3 aromatic rings. The van der Waals surface area contributed by atoms with Gasteiger partial charge >= 0.3 is 6.18 Å². The van der Waals surface area contributed by atoms with Crippen LogP contribution in [0.15, 0.2) is 53.9 Å². The van der Waals surface area contributed by atoms with E-state index in [4.69, 9.17) is 0 Å². The molecular weight excluding hydrogens is 383 g/mol. The molecule has 0 atom stereocenters. The molecule has 2 aromatic carbocycles. The summed E-state index contributed by atoms with van der Waals surface area (Å²) in [6.07, 6.45) is -2.58. The van der Waals surface area contributed by atoms with Crippen LogP contribution < -0.4 is 0 Å². The first-order chi connectivity index (χ1) is 13.3. The van der Waals surface area contributed by atoms with Crippen LogP contribution in [0.1, 0.15) is 29.5 Å². The van der Waals surface area contributed by atoms with Crippen molar-refractivity contribution in [3.8, 4) is 0 Å². The lowest BCUT2D eigenvalue weighted by atomic mass is 9.83. The molecule has 2 heterocycles. The molecule has 4 rings (SSSR count). The summed E-state index contributed by atoms with van der Waals surface area (Å²) in [4.78, 5) is 2.28. The van der Waals surface area contributed by atoms with Crippen molar-refractivity contribution in [2.45, 2.75) is 31.0 Å². The van der Waals surface area contributed by atoms with Crippen molar-refractivity contribution < 1.29 is 18.3 Å². The van der Waals surface area contributed by atoms with Gasteiger partial charge in [0.05, 0.1) is 11.2 Å². The minimum Gasteiger partial charge on any atom is -0.385 e. The van der Waals surface area contributed by atoms with E-state index in [2.05, 4.69) is 34.5 Å². The van der Waals surface area contributed by atoms with Gasteiger partial charge in [0.2, 0.25) is 0 Å². The Kier molecular flexibility index (Phi) is 5.21. The number of piperidine rings is 1. The van der Waals surface area contributed by atoms with Crippen LogP contribution in [0.5, 0.6) is 0 Å². The summed E-state index contributed by atoms with van der Waals surface area (Å²) in [5, 5.41) is 14.3. The molecule has 2 nitrogen and oxygen atoms in total. The van der Waals surface area contributed by atoms with Crippen LogP contribution in [-0.4, -0.2) is 29.6 Å².